The van der Waals surface area contributed by atoms with Crippen molar-refractivity contribution in [3.63, 3.8) is 0 Å². The van der Waals surface area contributed by atoms with Gasteiger partial charge in [0.25, 0.3) is 0 Å². The molecule has 0 unspecified atom stereocenters. The van der Waals surface area contributed by atoms with Gasteiger partial charge in [-0.25, -0.2) is 0 Å². The van der Waals surface area contributed by atoms with E-state index >= 15 is 0 Å². The molecule has 0 amide bonds. The standard InChI is InChI=1S/C8H19N.C7H17N.C6H15N/c1-7(2)9(6)8(3,4)5;1-6(2)8-7(3,4)5;1-5(2)7-6(3)4/h7H,1-6H3;6,8H,1-5H3;5-7H,1-4H3. The van der Waals surface area contributed by atoms with E-state index in [1.165, 1.54) is 0 Å². The summed E-state index contributed by atoms with van der Waals surface area (Å²) < 4.78 is 0. The summed E-state index contributed by atoms with van der Waals surface area (Å²) in [6, 6.07) is 2.49. The lowest BCUT2D eigenvalue weighted by atomic mass is 10.1. The molecule has 0 radical (unpaired) electrons. The molecule has 0 bridgehead atoms. The number of nitrogens with zero attached hydrogens (tertiary/aromatic N) is 1. The Bertz CT molecular complexity index is 262. The lowest BCUT2D eigenvalue weighted by Crippen LogP contribution is -2.42. The fraction of sp³-hybridized carbons (Fsp3) is 1.00. The van der Waals surface area contributed by atoms with Gasteiger partial charge in [-0.1, -0.05) is 41.5 Å². The second-order valence-corrected chi connectivity index (χ2v) is 9.90. The van der Waals surface area contributed by atoms with Crippen LogP contribution in [0.1, 0.15) is 96.9 Å². The molecule has 0 aliphatic carbocycles. The van der Waals surface area contributed by atoms with Crippen molar-refractivity contribution >= 4 is 0 Å². The molecule has 3 nitrogen and oxygen atoms in total. The third-order valence-electron chi connectivity index (χ3n) is 3.22. The van der Waals surface area contributed by atoms with Crippen molar-refractivity contribution in [2.45, 2.75) is 132 Å². The van der Waals surface area contributed by atoms with Crippen LogP contribution >= 0.6 is 0 Å². The van der Waals surface area contributed by atoms with Gasteiger partial charge >= 0.3 is 0 Å². The second-order valence-electron chi connectivity index (χ2n) is 9.90. The number of nitrogens with one attached hydrogen (secondary N) is 2. The van der Waals surface area contributed by atoms with Gasteiger partial charge in [0.05, 0.1) is 0 Å². The fourth-order valence-corrected chi connectivity index (χ4v) is 2.31. The molecule has 0 saturated heterocycles. The van der Waals surface area contributed by atoms with Crippen LogP contribution in [0.2, 0.25) is 0 Å². The molecule has 24 heavy (non-hydrogen) atoms. The molecular formula is C21H51N3. The van der Waals surface area contributed by atoms with Gasteiger partial charge in [0.2, 0.25) is 0 Å². The second kappa shape index (κ2) is 13.1. The molecule has 0 aliphatic heterocycles. The molecule has 0 heterocycles. The molecule has 0 saturated carbocycles. The van der Waals surface area contributed by atoms with Gasteiger partial charge < -0.3 is 10.6 Å². The molecule has 0 spiro atoms. The first-order valence-corrected chi connectivity index (χ1v) is 9.66. The topological polar surface area (TPSA) is 27.3 Å². The first-order valence-electron chi connectivity index (χ1n) is 9.66. The molecular weight excluding hydrogens is 294 g/mol. The molecule has 0 atom stereocenters. The Labute approximate surface area is 155 Å². The molecule has 0 aromatic carbocycles. The van der Waals surface area contributed by atoms with Gasteiger partial charge in [-0.3, -0.25) is 4.90 Å². The van der Waals surface area contributed by atoms with E-state index in [1.807, 2.05) is 0 Å². The predicted octanol–water partition coefficient (Wildman–Crippen LogP) is 5.30. The first kappa shape index (κ1) is 28.7. The average molecular weight is 346 g/mol. The van der Waals surface area contributed by atoms with Crippen molar-refractivity contribution in [3.8, 4) is 0 Å². The van der Waals surface area contributed by atoms with E-state index in [0.29, 0.717) is 29.7 Å². The minimum atomic E-state index is 0.272. The van der Waals surface area contributed by atoms with Crippen LogP contribution in [0.4, 0.5) is 0 Å². The zero-order chi connectivity index (χ0) is 20.3. The van der Waals surface area contributed by atoms with Gasteiger partial charge in [-0.2, -0.15) is 0 Å². The Morgan fingerprint density at radius 1 is 0.625 bits per heavy atom. The lowest BCUT2D eigenvalue weighted by Gasteiger charge is -2.35. The average Bonchev–Trinajstić information content (AvgIpc) is 2.22. The van der Waals surface area contributed by atoms with E-state index in [4.69, 9.17) is 0 Å². The van der Waals surface area contributed by atoms with Gasteiger partial charge in [-0.05, 0) is 62.4 Å². The highest BCUT2D eigenvalue weighted by Gasteiger charge is 2.18. The van der Waals surface area contributed by atoms with Crippen molar-refractivity contribution in [2.75, 3.05) is 7.05 Å². The predicted molar refractivity (Wildman–Crippen MR) is 114 cm³/mol. The Balaban J connectivity index is -0.000000278. The van der Waals surface area contributed by atoms with E-state index in [2.05, 4.69) is 120 Å². The Hall–Kier alpha value is -0.120. The van der Waals surface area contributed by atoms with E-state index in [9.17, 15) is 0 Å². The van der Waals surface area contributed by atoms with E-state index in [-0.39, 0.29) is 5.54 Å². The Morgan fingerprint density at radius 3 is 0.958 bits per heavy atom. The Kier molecular flexibility index (Phi) is 15.7. The van der Waals surface area contributed by atoms with Crippen LogP contribution in [-0.4, -0.2) is 47.2 Å². The quantitative estimate of drug-likeness (QED) is 0.724. The Morgan fingerprint density at radius 2 is 0.958 bits per heavy atom. The minimum absolute atomic E-state index is 0.272. The van der Waals surface area contributed by atoms with Crippen LogP contribution in [0, 0.1) is 0 Å². The van der Waals surface area contributed by atoms with E-state index < -0.39 is 0 Å². The van der Waals surface area contributed by atoms with Crippen molar-refractivity contribution in [2.24, 2.45) is 0 Å². The van der Waals surface area contributed by atoms with Crippen molar-refractivity contribution in [3.05, 3.63) is 0 Å². The first-order chi connectivity index (χ1) is 10.4. The fourth-order valence-electron chi connectivity index (χ4n) is 2.31. The summed E-state index contributed by atoms with van der Waals surface area (Å²) in [7, 11) is 2.16. The normalized spacial score (nSPS) is 12.5. The van der Waals surface area contributed by atoms with Crippen LogP contribution in [0.25, 0.3) is 0 Å². The summed E-state index contributed by atoms with van der Waals surface area (Å²) in [5.74, 6) is 0. The molecule has 150 valence electrons. The van der Waals surface area contributed by atoms with Crippen LogP contribution in [-0.2, 0) is 0 Å². The minimum Gasteiger partial charge on any atom is -0.312 e. The van der Waals surface area contributed by atoms with Crippen LogP contribution in [0.3, 0.4) is 0 Å². The maximum Gasteiger partial charge on any atom is 0.0124 e. The summed E-state index contributed by atoms with van der Waals surface area (Å²) >= 11 is 0. The molecule has 0 rings (SSSR count). The highest BCUT2D eigenvalue weighted by Crippen LogP contribution is 2.12. The SMILES string of the molecule is CC(C)N(C)C(C)(C)C.CC(C)NC(C)(C)C.CC(C)NC(C)C. The third-order valence-corrected chi connectivity index (χ3v) is 3.22. The third kappa shape index (κ3) is 26.8. The van der Waals surface area contributed by atoms with Crippen LogP contribution in [0.5, 0.6) is 0 Å². The van der Waals surface area contributed by atoms with Crippen molar-refractivity contribution in [1.82, 2.24) is 15.5 Å². The van der Waals surface area contributed by atoms with Crippen molar-refractivity contribution < 1.29 is 0 Å². The molecule has 3 heteroatoms. The van der Waals surface area contributed by atoms with Gasteiger partial charge in [0, 0.05) is 35.2 Å². The van der Waals surface area contributed by atoms with E-state index in [1.54, 1.807) is 0 Å². The number of hydrogen-bond donors (Lipinski definition) is 2. The van der Waals surface area contributed by atoms with Gasteiger partial charge in [0.15, 0.2) is 0 Å². The highest BCUT2D eigenvalue weighted by molar-refractivity contribution is 4.75. The summed E-state index contributed by atoms with van der Waals surface area (Å²) in [6.07, 6.45) is 0. The maximum atomic E-state index is 3.38. The highest BCUT2D eigenvalue weighted by atomic mass is 15.2. The zero-order valence-corrected chi connectivity index (χ0v) is 19.8. The molecule has 0 aliphatic rings. The molecule has 0 aromatic rings. The molecule has 0 aromatic heterocycles. The van der Waals surface area contributed by atoms with E-state index in [0.717, 1.165) is 0 Å². The summed E-state index contributed by atoms with van der Waals surface area (Å²) in [5, 5.41) is 6.69. The van der Waals surface area contributed by atoms with Crippen LogP contribution in [0.15, 0.2) is 0 Å². The zero-order valence-electron chi connectivity index (χ0n) is 19.8. The largest absolute Gasteiger partial charge is 0.312 e. The summed E-state index contributed by atoms with van der Waals surface area (Å²) in [5.41, 5.74) is 0.586. The monoisotopic (exact) mass is 345 g/mol. The number of hydrogen-bond acceptors (Lipinski definition) is 3. The summed E-state index contributed by atoms with van der Waals surface area (Å²) in [6.45, 7) is 30.6. The van der Waals surface area contributed by atoms with Gasteiger partial charge in [-0.15, -0.1) is 0 Å². The van der Waals surface area contributed by atoms with Crippen molar-refractivity contribution in [1.29, 1.82) is 0 Å². The molecule has 0 fully saturated rings. The smallest absolute Gasteiger partial charge is 0.0124 e. The summed E-state index contributed by atoms with van der Waals surface area (Å²) in [4.78, 5) is 2.35. The lowest BCUT2D eigenvalue weighted by molar-refractivity contribution is 0.136. The van der Waals surface area contributed by atoms with Crippen LogP contribution < -0.4 is 10.6 Å². The maximum absolute atomic E-state index is 3.38. The number of rotatable bonds is 4. The van der Waals surface area contributed by atoms with Gasteiger partial charge in [0.1, 0.15) is 0 Å². The molecule has 2 N–H and O–H groups in total.